The molecule has 0 unspecified atom stereocenters. The maximum Gasteiger partial charge on any atom is 0.262 e. The van der Waals surface area contributed by atoms with Crippen LogP contribution in [0.15, 0.2) is 33.3 Å². The Morgan fingerprint density at radius 1 is 1.52 bits per heavy atom. The van der Waals surface area contributed by atoms with E-state index in [4.69, 9.17) is 4.52 Å². The van der Waals surface area contributed by atoms with Gasteiger partial charge in [0, 0.05) is 31.6 Å². The molecule has 0 radical (unpaired) electrons. The number of likely N-dealkylation sites (N-methyl/N-ethyl adjacent to an activating group) is 1. The van der Waals surface area contributed by atoms with Gasteiger partial charge in [-0.15, -0.1) is 0 Å². The number of benzene rings is 1. The van der Waals surface area contributed by atoms with Gasteiger partial charge in [-0.1, -0.05) is 11.2 Å². The quantitative estimate of drug-likeness (QED) is 0.898. The van der Waals surface area contributed by atoms with Crippen LogP contribution in [0.1, 0.15) is 12.2 Å². The minimum absolute atomic E-state index is 0.0335. The van der Waals surface area contributed by atoms with Gasteiger partial charge in [0.05, 0.1) is 4.47 Å². The third-order valence-corrected chi connectivity index (χ3v) is 4.27. The minimum Gasteiger partial charge on any atom is -0.373 e. The fourth-order valence-electron chi connectivity index (χ4n) is 2.38. The molecule has 1 aromatic carbocycles. The molecule has 1 atom stereocenters. The van der Waals surface area contributed by atoms with Gasteiger partial charge in [-0.05, 0) is 28.1 Å². The molecule has 2 heterocycles. The van der Waals surface area contributed by atoms with E-state index in [2.05, 4.69) is 21.1 Å². The maximum atomic E-state index is 14.0. The van der Waals surface area contributed by atoms with Crippen LogP contribution in [-0.2, 0) is 10.4 Å². The van der Waals surface area contributed by atoms with Gasteiger partial charge in [0.1, 0.15) is 11.5 Å². The number of likely N-dealkylation sites (tertiary alicyclic amines) is 1. The first-order chi connectivity index (χ1) is 9.93. The van der Waals surface area contributed by atoms with Crippen LogP contribution in [0.5, 0.6) is 0 Å². The number of carbonyl (C=O) groups is 1. The van der Waals surface area contributed by atoms with E-state index in [0.29, 0.717) is 11.0 Å². The van der Waals surface area contributed by atoms with E-state index in [1.54, 1.807) is 25.2 Å². The average Bonchev–Trinajstić information content (AvgIpc) is 3.05. The normalized spacial score (nSPS) is 22.1. The molecule has 0 spiro atoms. The monoisotopic (exact) mass is 354 g/mol. The van der Waals surface area contributed by atoms with Crippen LogP contribution in [0.25, 0.3) is 11.3 Å². The topological polar surface area (TPSA) is 66.6 Å². The Morgan fingerprint density at radius 3 is 2.95 bits per heavy atom. The number of amides is 1. The highest BCUT2D eigenvalue weighted by Crippen LogP contribution is 2.35. The van der Waals surface area contributed by atoms with Gasteiger partial charge in [0.15, 0.2) is 5.76 Å². The molecule has 0 saturated carbocycles. The molecule has 3 rings (SSSR count). The first kappa shape index (κ1) is 14.2. The minimum atomic E-state index is -1.72. The Labute approximate surface area is 128 Å². The van der Waals surface area contributed by atoms with Crippen LogP contribution in [-0.4, -0.2) is 34.7 Å². The second-order valence-electron chi connectivity index (χ2n) is 5.01. The molecule has 21 heavy (non-hydrogen) atoms. The SMILES string of the molecule is CN1CC[C@@](O)(c2cc(-c3cccc(Br)c3F)no2)C1=O. The van der Waals surface area contributed by atoms with Crippen LogP contribution in [0.2, 0.25) is 0 Å². The smallest absolute Gasteiger partial charge is 0.262 e. The fraction of sp³-hybridized carbons (Fsp3) is 0.286. The highest BCUT2D eigenvalue weighted by atomic mass is 79.9. The molecular formula is C14H12BrFN2O3. The maximum absolute atomic E-state index is 14.0. The van der Waals surface area contributed by atoms with Crippen LogP contribution in [0.4, 0.5) is 4.39 Å². The van der Waals surface area contributed by atoms with E-state index in [-0.39, 0.29) is 23.4 Å². The second-order valence-corrected chi connectivity index (χ2v) is 5.87. The van der Waals surface area contributed by atoms with Crippen molar-refractivity contribution in [3.05, 3.63) is 40.3 Å². The zero-order valence-electron chi connectivity index (χ0n) is 11.1. The summed E-state index contributed by atoms with van der Waals surface area (Å²) in [5.41, 5.74) is -1.25. The van der Waals surface area contributed by atoms with Crippen molar-refractivity contribution in [2.24, 2.45) is 0 Å². The number of halogens is 2. The molecule has 1 N–H and O–H groups in total. The van der Waals surface area contributed by atoms with Gasteiger partial charge in [-0.3, -0.25) is 4.79 Å². The Hall–Kier alpha value is -1.73. The third-order valence-electron chi connectivity index (χ3n) is 3.65. The molecule has 7 heteroatoms. The number of nitrogens with zero attached hydrogens (tertiary/aromatic N) is 2. The van der Waals surface area contributed by atoms with Crippen LogP contribution in [0, 0.1) is 5.82 Å². The van der Waals surface area contributed by atoms with E-state index >= 15 is 0 Å². The lowest BCUT2D eigenvalue weighted by molar-refractivity contribution is -0.144. The number of carbonyl (C=O) groups excluding carboxylic acids is 1. The molecule has 1 aliphatic heterocycles. The van der Waals surface area contributed by atoms with Gasteiger partial charge < -0.3 is 14.5 Å². The Balaban J connectivity index is 2.01. The molecule has 5 nitrogen and oxygen atoms in total. The molecule has 110 valence electrons. The number of aliphatic hydroxyl groups is 1. The summed E-state index contributed by atoms with van der Waals surface area (Å²) in [6.45, 7) is 0.427. The lowest BCUT2D eigenvalue weighted by Gasteiger charge is -2.16. The number of hydrogen-bond acceptors (Lipinski definition) is 4. The summed E-state index contributed by atoms with van der Waals surface area (Å²) in [6, 6.07) is 6.19. The molecular weight excluding hydrogens is 343 g/mol. The predicted octanol–water partition coefficient (Wildman–Crippen LogP) is 2.29. The van der Waals surface area contributed by atoms with E-state index in [1.807, 2.05) is 0 Å². The molecule has 1 aromatic heterocycles. The zero-order valence-corrected chi connectivity index (χ0v) is 12.7. The van der Waals surface area contributed by atoms with Crippen molar-refractivity contribution < 1.29 is 18.8 Å². The largest absolute Gasteiger partial charge is 0.373 e. The van der Waals surface area contributed by atoms with Crippen molar-refractivity contribution in [3.8, 4) is 11.3 Å². The summed E-state index contributed by atoms with van der Waals surface area (Å²) >= 11 is 3.10. The van der Waals surface area contributed by atoms with E-state index in [9.17, 15) is 14.3 Å². The first-order valence-electron chi connectivity index (χ1n) is 6.33. The third kappa shape index (κ3) is 2.16. The summed E-state index contributed by atoms with van der Waals surface area (Å²) in [5, 5.41) is 14.2. The lowest BCUT2D eigenvalue weighted by Crippen LogP contribution is -2.35. The zero-order chi connectivity index (χ0) is 15.2. The fourth-order valence-corrected chi connectivity index (χ4v) is 2.75. The van der Waals surface area contributed by atoms with Crippen molar-refractivity contribution in [1.82, 2.24) is 10.1 Å². The molecule has 2 aromatic rings. The lowest BCUT2D eigenvalue weighted by atomic mass is 9.98. The van der Waals surface area contributed by atoms with E-state index in [0.717, 1.165) is 0 Å². The number of aromatic nitrogens is 1. The van der Waals surface area contributed by atoms with Gasteiger partial charge in [0.2, 0.25) is 5.60 Å². The van der Waals surface area contributed by atoms with Crippen LogP contribution in [0.3, 0.4) is 0 Å². The van der Waals surface area contributed by atoms with E-state index in [1.165, 1.54) is 11.0 Å². The summed E-state index contributed by atoms with van der Waals surface area (Å²) < 4.78 is 19.4. The Bertz CT molecular complexity index is 718. The summed E-state index contributed by atoms with van der Waals surface area (Å²) in [6.07, 6.45) is 0.220. The van der Waals surface area contributed by atoms with E-state index < -0.39 is 17.3 Å². The number of rotatable bonds is 2. The van der Waals surface area contributed by atoms with Crippen LogP contribution >= 0.6 is 15.9 Å². The van der Waals surface area contributed by atoms with Gasteiger partial charge in [-0.25, -0.2) is 4.39 Å². The summed E-state index contributed by atoms with van der Waals surface area (Å²) in [7, 11) is 1.60. The Kier molecular flexibility index (Phi) is 3.33. The highest BCUT2D eigenvalue weighted by Gasteiger charge is 2.48. The second kappa shape index (κ2) is 4.92. The van der Waals surface area contributed by atoms with Crippen molar-refractivity contribution in [2.75, 3.05) is 13.6 Å². The average molecular weight is 355 g/mol. The van der Waals surface area contributed by atoms with Crippen molar-refractivity contribution in [2.45, 2.75) is 12.0 Å². The van der Waals surface area contributed by atoms with Crippen molar-refractivity contribution in [1.29, 1.82) is 0 Å². The molecule has 1 saturated heterocycles. The first-order valence-corrected chi connectivity index (χ1v) is 7.12. The Morgan fingerprint density at radius 2 is 2.29 bits per heavy atom. The molecule has 0 bridgehead atoms. The van der Waals surface area contributed by atoms with Crippen molar-refractivity contribution in [3.63, 3.8) is 0 Å². The predicted molar refractivity (Wildman–Crippen MR) is 75.7 cm³/mol. The molecule has 0 aliphatic carbocycles. The van der Waals surface area contributed by atoms with Gasteiger partial charge in [0.25, 0.3) is 5.91 Å². The van der Waals surface area contributed by atoms with Gasteiger partial charge >= 0.3 is 0 Å². The number of hydrogen-bond donors (Lipinski definition) is 1. The van der Waals surface area contributed by atoms with Crippen molar-refractivity contribution >= 4 is 21.8 Å². The van der Waals surface area contributed by atoms with Gasteiger partial charge in [-0.2, -0.15) is 0 Å². The molecule has 1 amide bonds. The highest BCUT2D eigenvalue weighted by molar-refractivity contribution is 9.10. The van der Waals surface area contributed by atoms with Crippen LogP contribution < -0.4 is 0 Å². The summed E-state index contributed by atoms with van der Waals surface area (Å²) in [4.78, 5) is 13.4. The summed E-state index contributed by atoms with van der Waals surface area (Å²) in [5.74, 6) is -0.884. The standard InChI is InChI=1S/C14H12BrFN2O3/c1-18-6-5-14(20,13(18)19)11-7-10(17-21-11)8-3-2-4-9(15)12(8)16/h2-4,7,20H,5-6H2,1H3/t14-/m1/s1. The molecule has 1 fully saturated rings. The molecule has 1 aliphatic rings.